The number of rotatable bonds is 5. The van der Waals surface area contributed by atoms with Crippen molar-refractivity contribution >= 4 is 76.1 Å². The van der Waals surface area contributed by atoms with Gasteiger partial charge in [-0.3, -0.25) is 0 Å². The van der Waals surface area contributed by atoms with Crippen molar-refractivity contribution in [1.82, 2.24) is 4.67 Å². The molecule has 0 amide bonds. The van der Waals surface area contributed by atoms with Gasteiger partial charge in [0, 0.05) is 24.5 Å². The van der Waals surface area contributed by atoms with Crippen molar-refractivity contribution in [3.05, 3.63) is 56.5 Å². The third kappa shape index (κ3) is 4.98. The highest BCUT2D eigenvalue weighted by Crippen LogP contribution is 2.50. The average Bonchev–Trinajstić information content (AvgIpc) is 2.62. The average molecular weight is 471 g/mol. The highest BCUT2D eigenvalue weighted by Gasteiger charge is 2.28. The zero-order valence-electron chi connectivity index (χ0n) is 13.5. The van der Waals surface area contributed by atoms with Gasteiger partial charge in [-0.15, -0.1) is 0 Å². The van der Waals surface area contributed by atoms with Gasteiger partial charge < -0.3 is 14.9 Å². The summed E-state index contributed by atoms with van der Waals surface area (Å²) >= 11 is 30.4. The van der Waals surface area contributed by atoms with Crippen LogP contribution in [0.15, 0.2) is 36.4 Å². The smallest absolute Gasteiger partial charge is 0.189 e. The molecular formula is C16H16Cl4N3OPS. The molecule has 1 aliphatic heterocycles. The van der Waals surface area contributed by atoms with Gasteiger partial charge in [0.1, 0.15) is 0 Å². The lowest BCUT2D eigenvalue weighted by Crippen LogP contribution is -2.37. The van der Waals surface area contributed by atoms with Crippen molar-refractivity contribution in [3.63, 3.8) is 0 Å². The van der Waals surface area contributed by atoms with Crippen molar-refractivity contribution in [2.24, 2.45) is 0 Å². The Morgan fingerprint density at radius 1 is 0.808 bits per heavy atom. The van der Waals surface area contributed by atoms with Crippen LogP contribution in [0.25, 0.3) is 0 Å². The number of nitrogens with zero attached hydrogens (tertiary/aromatic N) is 1. The number of benzene rings is 2. The van der Waals surface area contributed by atoms with Crippen molar-refractivity contribution in [1.29, 1.82) is 0 Å². The number of ether oxygens (including phenoxy) is 1. The molecule has 0 spiro atoms. The Kier molecular flexibility index (Phi) is 6.98. The number of halogens is 4. The Bertz CT molecular complexity index is 791. The van der Waals surface area contributed by atoms with E-state index in [9.17, 15) is 0 Å². The molecule has 26 heavy (non-hydrogen) atoms. The first-order chi connectivity index (χ1) is 12.4. The standard InChI is InChI=1S/C16H16Cl4N3OPS/c17-13-3-1-11(9-15(13)19)21-25(26,23-5-7-24-8-6-23)22-12-2-4-14(18)16(20)10-12/h1-4,9-10H,5-8H2,(H2,21,22,26). The summed E-state index contributed by atoms with van der Waals surface area (Å²) in [7, 11) is 0. The van der Waals surface area contributed by atoms with Gasteiger partial charge in [-0.2, -0.15) is 0 Å². The van der Waals surface area contributed by atoms with Gasteiger partial charge in [0.05, 0.1) is 33.3 Å². The van der Waals surface area contributed by atoms with E-state index in [2.05, 4.69) is 14.8 Å². The van der Waals surface area contributed by atoms with Crippen LogP contribution in [0.2, 0.25) is 20.1 Å². The minimum atomic E-state index is -2.43. The normalized spacial score (nSPS) is 15.7. The number of hydrogen-bond acceptors (Lipinski definition) is 2. The van der Waals surface area contributed by atoms with Gasteiger partial charge in [0.2, 0.25) is 0 Å². The van der Waals surface area contributed by atoms with E-state index in [-0.39, 0.29) is 0 Å². The zero-order valence-corrected chi connectivity index (χ0v) is 18.2. The van der Waals surface area contributed by atoms with E-state index in [0.29, 0.717) is 33.3 Å². The molecule has 2 aromatic carbocycles. The number of anilines is 2. The summed E-state index contributed by atoms with van der Waals surface area (Å²) in [5, 5.41) is 8.81. The lowest BCUT2D eigenvalue weighted by Gasteiger charge is -2.39. The van der Waals surface area contributed by atoms with Gasteiger partial charge in [-0.05, 0) is 48.2 Å². The molecule has 2 N–H and O–H groups in total. The van der Waals surface area contributed by atoms with Gasteiger partial charge in [0.25, 0.3) is 0 Å². The number of morpholine rings is 1. The fraction of sp³-hybridized carbons (Fsp3) is 0.250. The molecule has 1 fully saturated rings. The first-order valence-corrected chi connectivity index (χ1v) is 12.0. The first kappa shape index (κ1) is 20.5. The SMILES string of the molecule is S=P(Nc1ccc(Cl)c(Cl)c1)(Nc1ccc(Cl)c(Cl)c1)N1CCOCC1. The third-order valence-corrected chi connectivity index (χ3v) is 8.82. The molecule has 0 bridgehead atoms. The minimum Gasteiger partial charge on any atom is -0.379 e. The second-order valence-electron chi connectivity index (χ2n) is 5.62. The van der Waals surface area contributed by atoms with E-state index in [4.69, 9.17) is 62.9 Å². The van der Waals surface area contributed by atoms with Crippen LogP contribution in [0.3, 0.4) is 0 Å². The summed E-state index contributed by atoms with van der Waals surface area (Å²) in [6.45, 7) is 0.278. The predicted molar refractivity (Wildman–Crippen MR) is 117 cm³/mol. The molecule has 140 valence electrons. The summed E-state index contributed by atoms with van der Waals surface area (Å²) in [6.07, 6.45) is 0. The van der Waals surface area contributed by atoms with Crippen LogP contribution in [0.4, 0.5) is 11.4 Å². The Morgan fingerprint density at radius 3 is 1.69 bits per heavy atom. The largest absolute Gasteiger partial charge is 0.379 e. The van der Waals surface area contributed by atoms with Crippen molar-refractivity contribution in [2.45, 2.75) is 0 Å². The van der Waals surface area contributed by atoms with Gasteiger partial charge in [0.15, 0.2) is 6.49 Å². The molecule has 4 nitrogen and oxygen atoms in total. The molecule has 0 saturated carbocycles. The molecule has 0 radical (unpaired) electrons. The quantitative estimate of drug-likeness (QED) is 0.495. The van der Waals surface area contributed by atoms with Crippen LogP contribution in [0, 0.1) is 0 Å². The Morgan fingerprint density at radius 2 is 1.27 bits per heavy atom. The lowest BCUT2D eigenvalue weighted by molar-refractivity contribution is 0.0749. The lowest BCUT2D eigenvalue weighted by atomic mass is 10.3. The molecule has 0 unspecified atom stereocenters. The van der Waals surface area contributed by atoms with Crippen molar-refractivity contribution < 1.29 is 4.74 Å². The van der Waals surface area contributed by atoms with E-state index in [1.54, 1.807) is 24.3 Å². The second-order valence-corrected chi connectivity index (χ2v) is 11.0. The van der Waals surface area contributed by atoms with Crippen LogP contribution in [0.1, 0.15) is 0 Å². The molecule has 0 aromatic heterocycles. The number of hydrogen-bond donors (Lipinski definition) is 2. The van der Waals surface area contributed by atoms with E-state index in [1.165, 1.54) is 0 Å². The van der Waals surface area contributed by atoms with E-state index in [1.807, 2.05) is 12.1 Å². The predicted octanol–water partition coefficient (Wildman–Crippen LogP) is 6.38. The summed E-state index contributed by atoms with van der Waals surface area (Å²) in [6, 6.07) is 10.7. The summed E-state index contributed by atoms with van der Waals surface area (Å²) in [5.41, 5.74) is 1.59. The first-order valence-electron chi connectivity index (χ1n) is 7.77. The Labute approximate surface area is 177 Å². The molecule has 10 heteroatoms. The fourth-order valence-corrected chi connectivity index (χ4v) is 6.25. The highest BCUT2D eigenvalue weighted by atomic mass is 35.5. The molecule has 3 rings (SSSR count). The van der Waals surface area contributed by atoms with Crippen LogP contribution in [-0.4, -0.2) is 31.0 Å². The van der Waals surface area contributed by atoms with Crippen molar-refractivity contribution in [3.8, 4) is 0 Å². The van der Waals surface area contributed by atoms with E-state index < -0.39 is 6.49 Å². The maximum absolute atomic E-state index is 6.15. The summed E-state index contributed by atoms with van der Waals surface area (Å²) < 4.78 is 7.65. The van der Waals surface area contributed by atoms with Crippen molar-refractivity contribution in [2.75, 3.05) is 36.5 Å². The summed E-state index contributed by atoms with van der Waals surface area (Å²) in [4.78, 5) is 0. The van der Waals surface area contributed by atoms with Crippen LogP contribution in [0.5, 0.6) is 0 Å². The van der Waals surface area contributed by atoms with Gasteiger partial charge >= 0.3 is 0 Å². The Hall–Kier alpha value is -0.230. The fourth-order valence-electron chi connectivity index (χ4n) is 2.49. The molecule has 1 aliphatic rings. The molecule has 0 atom stereocenters. The monoisotopic (exact) mass is 469 g/mol. The molecule has 2 aromatic rings. The summed E-state index contributed by atoms with van der Waals surface area (Å²) in [5.74, 6) is 0. The maximum atomic E-state index is 6.15. The van der Waals surface area contributed by atoms with E-state index in [0.717, 1.165) is 24.5 Å². The number of nitrogens with one attached hydrogen (secondary N) is 2. The van der Waals surface area contributed by atoms with Crippen LogP contribution < -0.4 is 10.2 Å². The molecule has 1 saturated heterocycles. The second kappa shape index (κ2) is 8.85. The molecule has 0 aliphatic carbocycles. The van der Waals surface area contributed by atoms with Gasteiger partial charge in [-0.1, -0.05) is 46.4 Å². The topological polar surface area (TPSA) is 36.5 Å². The Balaban J connectivity index is 1.91. The van der Waals surface area contributed by atoms with Crippen LogP contribution >= 0.6 is 52.9 Å². The molecule has 1 heterocycles. The highest BCUT2D eigenvalue weighted by molar-refractivity contribution is 8.14. The maximum Gasteiger partial charge on any atom is 0.189 e. The molecular weight excluding hydrogens is 455 g/mol. The van der Waals surface area contributed by atoms with E-state index >= 15 is 0 Å². The minimum absolute atomic E-state index is 0.467. The zero-order chi connectivity index (χ0) is 18.7. The van der Waals surface area contributed by atoms with Crippen LogP contribution in [-0.2, 0) is 16.5 Å². The third-order valence-electron chi connectivity index (χ3n) is 3.79. The van der Waals surface area contributed by atoms with Gasteiger partial charge in [-0.25, -0.2) is 4.67 Å².